The highest BCUT2D eigenvalue weighted by atomic mass is 32.2. The fourth-order valence-corrected chi connectivity index (χ4v) is 4.53. The van der Waals surface area contributed by atoms with Crippen molar-refractivity contribution >= 4 is 32.5 Å². The SMILES string of the molecule is C=C(C(=O)O)c1ccccc1/C(C#Cc1ccccc1N=S(C)(=O)c1ccc(OC)cc1)=C\C. The third kappa shape index (κ3) is 5.64. The van der Waals surface area contributed by atoms with Crippen LogP contribution in [0.1, 0.15) is 23.6 Å². The number of aliphatic carboxylic acids is 1. The summed E-state index contributed by atoms with van der Waals surface area (Å²) in [6.07, 6.45) is 3.41. The molecule has 3 rings (SSSR count). The van der Waals surface area contributed by atoms with E-state index < -0.39 is 15.7 Å². The minimum absolute atomic E-state index is 0.00244. The van der Waals surface area contributed by atoms with E-state index in [4.69, 9.17) is 4.74 Å². The zero-order valence-electron chi connectivity index (χ0n) is 19.2. The summed E-state index contributed by atoms with van der Waals surface area (Å²) in [4.78, 5) is 12.1. The summed E-state index contributed by atoms with van der Waals surface area (Å²) < 4.78 is 23.1. The third-order valence-electron chi connectivity index (χ3n) is 5.09. The number of ether oxygens (including phenoxy) is 1. The third-order valence-corrected chi connectivity index (χ3v) is 6.79. The Morgan fingerprint density at radius 2 is 1.65 bits per heavy atom. The quantitative estimate of drug-likeness (QED) is 0.351. The van der Waals surface area contributed by atoms with E-state index in [1.165, 1.54) is 0 Å². The molecular weight excluding hydrogens is 446 g/mol. The number of rotatable bonds is 6. The number of nitrogens with zero attached hydrogens (tertiary/aromatic N) is 1. The molecule has 0 saturated heterocycles. The van der Waals surface area contributed by atoms with Gasteiger partial charge in [0.25, 0.3) is 0 Å². The van der Waals surface area contributed by atoms with Gasteiger partial charge in [0, 0.05) is 16.7 Å². The first-order chi connectivity index (χ1) is 16.3. The van der Waals surface area contributed by atoms with Gasteiger partial charge in [0.1, 0.15) is 5.75 Å². The first kappa shape index (κ1) is 24.6. The molecule has 1 atom stereocenters. The van der Waals surface area contributed by atoms with Crippen molar-refractivity contribution in [2.24, 2.45) is 4.36 Å². The Morgan fingerprint density at radius 1 is 1.03 bits per heavy atom. The molecule has 34 heavy (non-hydrogen) atoms. The second-order valence-corrected chi connectivity index (χ2v) is 9.63. The highest BCUT2D eigenvalue weighted by molar-refractivity contribution is 7.93. The van der Waals surface area contributed by atoms with Gasteiger partial charge in [-0.25, -0.2) is 9.00 Å². The van der Waals surface area contributed by atoms with Crippen molar-refractivity contribution in [1.29, 1.82) is 0 Å². The highest BCUT2D eigenvalue weighted by Crippen LogP contribution is 2.27. The summed E-state index contributed by atoms with van der Waals surface area (Å²) in [5.41, 5.74) is 2.96. The number of hydrogen-bond donors (Lipinski definition) is 1. The van der Waals surface area contributed by atoms with Gasteiger partial charge in [0.05, 0.1) is 33.7 Å². The van der Waals surface area contributed by atoms with Crippen LogP contribution >= 0.6 is 0 Å². The van der Waals surface area contributed by atoms with Gasteiger partial charge in [-0.05, 0) is 54.4 Å². The van der Waals surface area contributed by atoms with Crippen LogP contribution < -0.4 is 4.74 Å². The molecule has 0 aliphatic carbocycles. The summed E-state index contributed by atoms with van der Waals surface area (Å²) in [5.74, 6) is 5.83. The number of hydrogen-bond acceptors (Lipinski definition) is 4. The van der Waals surface area contributed by atoms with E-state index in [1.54, 1.807) is 55.8 Å². The number of methoxy groups -OCH3 is 1. The molecule has 0 fully saturated rings. The summed E-state index contributed by atoms with van der Waals surface area (Å²) in [6.45, 7) is 5.52. The van der Waals surface area contributed by atoms with Crippen LogP contribution in [0.25, 0.3) is 11.1 Å². The number of carboxylic acids is 1. The molecule has 0 saturated carbocycles. The van der Waals surface area contributed by atoms with Crippen molar-refractivity contribution in [2.75, 3.05) is 13.4 Å². The van der Waals surface area contributed by atoms with Crippen molar-refractivity contribution < 1.29 is 18.8 Å². The van der Waals surface area contributed by atoms with E-state index in [2.05, 4.69) is 22.8 Å². The van der Waals surface area contributed by atoms with Gasteiger partial charge in [0.15, 0.2) is 0 Å². The zero-order chi connectivity index (χ0) is 24.7. The van der Waals surface area contributed by atoms with Gasteiger partial charge in [-0.2, -0.15) is 4.36 Å². The van der Waals surface area contributed by atoms with Gasteiger partial charge in [-0.15, -0.1) is 0 Å². The van der Waals surface area contributed by atoms with Crippen molar-refractivity contribution in [2.45, 2.75) is 11.8 Å². The molecule has 0 radical (unpaired) electrons. The molecule has 1 N–H and O–H groups in total. The minimum atomic E-state index is -2.72. The second kappa shape index (κ2) is 10.7. The molecule has 0 bridgehead atoms. The van der Waals surface area contributed by atoms with Crippen LogP contribution in [0.15, 0.2) is 94.7 Å². The van der Waals surface area contributed by atoms with E-state index in [9.17, 15) is 14.1 Å². The standard InChI is InChI=1S/C28H25NO4S/c1-5-21(26-12-8-7-11-25(26)20(2)28(30)31)14-15-22-10-6-9-13-27(22)29-34(4,32)24-18-16-23(33-3)17-19-24/h5-13,16-19H,2H2,1,3-4H3,(H,30,31)/b21-5-. The normalized spacial score (nSPS) is 12.6. The summed E-state index contributed by atoms with van der Waals surface area (Å²) in [7, 11) is -1.15. The van der Waals surface area contributed by atoms with Gasteiger partial charge in [0.2, 0.25) is 0 Å². The zero-order valence-corrected chi connectivity index (χ0v) is 20.1. The van der Waals surface area contributed by atoms with Crippen molar-refractivity contribution in [3.05, 3.63) is 102 Å². The van der Waals surface area contributed by atoms with E-state index in [-0.39, 0.29) is 5.57 Å². The predicted octanol–water partition coefficient (Wildman–Crippen LogP) is 6.04. The molecule has 172 valence electrons. The van der Waals surface area contributed by atoms with Gasteiger partial charge < -0.3 is 9.84 Å². The lowest BCUT2D eigenvalue weighted by Crippen LogP contribution is -2.01. The van der Waals surface area contributed by atoms with E-state index in [0.29, 0.717) is 38.6 Å². The number of benzene rings is 3. The Bertz CT molecular complexity index is 1450. The molecule has 0 aromatic heterocycles. The van der Waals surface area contributed by atoms with Crippen LogP contribution in [-0.2, 0) is 14.5 Å². The van der Waals surface area contributed by atoms with Crippen LogP contribution in [0.5, 0.6) is 5.75 Å². The summed E-state index contributed by atoms with van der Waals surface area (Å²) in [6, 6.07) is 21.3. The fraction of sp³-hybridized carbons (Fsp3) is 0.107. The molecule has 0 heterocycles. The van der Waals surface area contributed by atoms with Crippen LogP contribution in [0.2, 0.25) is 0 Å². The van der Waals surface area contributed by atoms with E-state index in [0.717, 1.165) is 0 Å². The van der Waals surface area contributed by atoms with Crippen LogP contribution in [-0.4, -0.2) is 28.7 Å². The number of carbonyl (C=O) groups is 1. The summed E-state index contributed by atoms with van der Waals surface area (Å²) in [5, 5.41) is 9.39. The van der Waals surface area contributed by atoms with Crippen LogP contribution in [0.4, 0.5) is 5.69 Å². The molecule has 3 aromatic carbocycles. The van der Waals surface area contributed by atoms with E-state index in [1.807, 2.05) is 43.3 Å². The topological polar surface area (TPSA) is 76.0 Å². The maximum absolute atomic E-state index is 13.4. The molecule has 0 aliphatic rings. The molecule has 0 spiro atoms. The van der Waals surface area contributed by atoms with Gasteiger partial charge in [-0.1, -0.05) is 60.9 Å². The second-order valence-electron chi connectivity index (χ2n) is 7.37. The maximum Gasteiger partial charge on any atom is 0.335 e. The largest absolute Gasteiger partial charge is 0.497 e. The van der Waals surface area contributed by atoms with Gasteiger partial charge >= 0.3 is 5.97 Å². The lowest BCUT2D eigenvalue weighted by atomic mass is 9.95. The Hall–Kier alpha value is -4.08. The Morgan fingerprint density at radius 3 is 2.26 bits per heavy atom. The van der Waals surface area contributed by atoms with Gasteiger partial charge in [-0.3, -0.25) is 0 Å². The molecule has 6 heteroatoms. The predicted molar refractivity (Wildman–Crippen MR) is 137 cm³/mol. The Kier molecular flexibility index (Phi) is 7.72. The monoisotopic (exact) mass is 471 g/mol. The van der Waals surface area contributed by atoms with Crippen LogP contribution in [0.3, 0.4) is 0 Å². The molecule has 3 aromatic rings. The average Bonchev–Trinajstić information content (AvgIpc) is 2.85. The Balaban J connectivity index is 2.04. The van der Waals surface area contributed by atoms with Crippen molar-refractivity contribution in [1.82, 2.24) is 0 Å². The number of carboxylic acid groups (broad SMARTS) is 1. The minimum Gasteiger partial charge on any atom is -0.497 e. The lowest BCUT2D eigenvalue weighted by molar-refractivity contribution is -0.130. The number of allylic oxidation sites excluding steroid dienone is 2. The highest BCUT2D eigenvalue weighted by Gasteiger charge is 2.13. The van der Waals surface area contributed by atoms with Crippen molar-refractivity contribution in [3.63, 3.8) is 0 Å². The van der Waals surface area contributed by atoms with Crippen LogP contribution in [0, 0.1) is 11.8 Å². The summed E-state index contributed by atoms with van der Waals surface area (Å²) >= 11 is 0. The lowest BCUT2D eigenvalue weighted by Gasteiger charge is -2.09. The molecule has 1 unspecified atom stereocenters. The Labute approximate surface area is 200 Å². The molecular formula is C28H25NO4S. The molecule has 0 amide bonds. The smallest absolute Gasteiger partial charge is 0.335 e. The fourth-order valence-electron chi connectivity index (χ4n) is 3.25. The first-order valence-corrected chi connectivity index (χ1v) is 12.3. The van der Waals surface area contributed by atoms with E-state index >= 15 is 0 Å². The maximum atomic E-state index is 13.4. The first-order valence-electron chi connectivity index (χ1n) is 10.4. The average molecular weight is 472 g/mol. The molecule has 0 aliphatic heterocycles. The van der Waals surface area contributed by atoms with Crippen molar-refractivity contribution in [3.8, 4) is 17.6 Å². The molecule has 5 nitrogen and oxygen atoms in total.